The number of hydrogen-bond acceptors (Lipinski definition) is 6. The highest BCUT2D eigenvalue weighted by atomic mass is 32.3. The average Bonchev–Trinajstić information content (AvgIpc) is 2.95. The normalized spacial score (nSPS) is 16.3. The number of fused-ring (bicyclic) bond motifs is 1. The number of benzene rings is 1. The van der Waals surface area contributed by atoms with Crippen LogP contribution in [0.5, 0.6) is 0 Å². The van der Waals surface area contributed by atoms with Crippen molar-refractivity contribution in [3.8, 4) is 0 Å². The number of aryl methyl sites for hydroxylation is 1. The maximum Gasteiger partial charge on any atom is 0.394 e. The molecule has 10 heteroatoms. The van der Waals surface area contributed by atoms with E-state index in [2.05, 4.69) is 22.0 Å². The van der Waals surface area contributed by atoms with Crippen LogP contribution < -0.4 is 11.1 Å². The zero-order chi connectivity index (χ0) is 20.7. The Kier molecular flexibility index (Phi) is 7.96. The fourth-order valence-corrected chi connectivity index (χ4v) is 3.26. The molecule has 0 bridgehead atoms. The van der Waals surface area contributed by atoms with Crippen LogP contribution >= 0.6 is 0 Å². The van der Waals surface area contributed by atoms with Gasteiger partial charge in [0.25, 0.3) is 0 Å². The van der Waals surface area contributed by atoms with Crippen molar-refractivity contribution in [2.24, 2.45) is 18.7 Å². The van der Waals surface area contributed by atoms with Gasteiger partial charge in [-0.05, 0) is 43.5 Å². The Labute approximate surface area is 164 Å². The van der Waals surface area contributed by atoms with E-state index in [0.717, 1.165) is 42.4 Å². The number of hydrogen-bond donors (Lipinski definition) is 4. The molecule has 0 radical (unpaired) electrons. The molecule has 1 unspecified atom stereocenters. The molecule has 2 aromatic rings. The molecule has 3 rings (SSSR count). The number of nitrogens with one attached hydrogen (secondary N) is 1. The van der Waals surface area contributed by atoms with Crippen molar-refractivity contribution in [3.63, 3.8) is 0 Å². The van der Waals surface area contributed by atoms with Gasteiger partial charge in [0.2, 0.25) is 0 Å². The first-order valence-electron chi connectivity index (χ1n) is 9.01. The van der Waals surface area contributed by atoms with E-state index >= 15 is 0 Å². The molecule has 1 fully saturated rings. The van der Waals surface area contributed by atoms with Gasteiger partial charge in [0, 0.05) is 30.6 Å². The molecule has 0 amide bonds. The minimum Gasteiger partial charge on any atom is -0.464 e. The van der Waals surface area contributed by atoms with Crippen molar-refractivity contribution >= 4 is 27.3 Å². The first-order valence-corrected chi connectivity index (χ1v) is 10.4. The predicted octanol–water partition coefficient (Wildman–Crippen LogP) is 0.938. The van der Waals surface area contributed by atoms with Crippen molar-refractivity contribution in [3.05, 3.63) is 36.0 Å². The molecule has 9 nitrogen and oxygen atoms in total. The first kappa shape index (κ1) is 22.3. The topological polar surface area (TPSA) is 144 Å². The van der Waals surface area contributed by atoms with Gasteiger partial charge in [0.05, 0.1) is 6.61 Å². The molecule has 1 aliphatic heterocycles. The van der Waals surface area contributed by atoms with Gasteiger partial charge in [0.15, 0.2) is 0 Å². The van der Waals surface area contributed by atoms with Gasteiger partial charge in [-0.3, -0.25) is 13.9 Å². The summed E-state index contributed by atoms with van der Waals surface area (Å²) in [5, 5.41) is 4.46. The Morgan fingerprint density at radius 2 is 1.93 bits per heavy atom. The van der Waals surface area contributed by atoms with Gasteiger partial charge < -0.3 is 20.4 Å². The minimum atomic E-state index is -4.67. The number of esters is 1. The van der Waals surface area contributed by atoms with Gasteiger partial charge in [-0.15, -0.1) is 0 Å². The van der Waals surface area contributed by atoms with Crippen LogP contribution in [-0.4, -0.2) is 53.8 Å². The van der Waals surface area contributed by atoms with Crippen molar-refractivity contribution in [1.82, 2.24) is 9.88 Å². The SMILES string of the molecule is Cn1cc(CC(N)C(=O)OCC2CCNCC2)c2ccccc21.O=S(=O)(O)O. The molecular formula is C18H27N3O6S. The second-order valence-corrected chi connectivity index (χ2v) is 7.76. The Morgan fingerprint density at radius 3 is 2.57 bits per heavy atom. The lowest BCUT2D eigenvalue weighted by atomic mass is 9.99. The molecule has 0 spiro atoms. The van der Waals surface area contributed by atoms with Crippen molar-refractivity contribution in [2.45, 2.75) is 25.3 Å². The Bertz CT molecular complexity index is 882. The van der Waals surface area contributed by atoms with Crippen LogP contribution in [0.1, 0.15) is 18.4 Å². The molecule has 1 aliphatic rings. The molecule has 1 aromatic carbocycles. The smallest absolute Gasteiger partial charge is 0.394 e. The van der Waals surface area contributed by atoms with Crippen LogP contribution in [0.3, 0.4) is 0 Å². The van der Waals surface area contributed by atoms with E-state index in [1.807, 2.05) is 25.4 Å². The van der Waals surface area contributed by atoms with E-state index < -0.39 is 16.4 Å². The summed E-state index contributed by atoms with van der Waals surface area (Å²) in [4.78, 5) is 12.2. The lowest BCUT2D eigenvalue weighted by Crippen LogP contribution is -2.36. The number of ether oxygens (including phenoxy) is 1. The summed E-state index contributed by atoms with van der Waals surface area (Å²) in [7, 11) is -2.66. The standard InChI is InChI=1S/C18H25N3O2.H2O4S/c1-21-11-14(15-4-2-3-5-17(15)21)10-16(19)18(22)23-12-13-6-8-20-9-7-13;1-5(2,3)4/h2-5,11,13,16,20H,6-10,12,19H2,1H3;(H2,1,2,3,4). The van der Waals surface area contributed by atoms with Gasteiger partial charge >= 0.3 is 16.4 Å². The summed E-state index contributed by atoms with van der Waals surface area (Å²) in [6.45, 7) is 2.50. The Balaban J connectivity index is 0.000000500. The number of para-hydroxylation sites is 1. The molecule has 1 aromatic heterocycles. The van der Waals surface area contributed by atoms with E-state index in [9.17, 15) is 4.79 Å². The maximum atomic E-state index is 12.2. The number of nitrogens with zero attached hydrogens (tertiary/aromatic N) is 1. The lowest BCUT2D eigenvalue weighted by molar-refractivity contribution is -0.146. The molecule has 0 aliphatic carbocycles. The van der Waals surface area contributed by atoms with Gasteiger partial charge in [0.1, 0.15) is 6.04 Å². The number of rotatable bonds is 5. The molecule has 5 N–H and O–H groups in total. The highest BCUT2D eigenvalue weighted by Crippen LogP contribution is 2.21. The number of piperidine rings is 1. The van der Waals surface area contributed by atoms with Crippen LogP contribution in [0.2, 0.25) is 0 Å². The van der Waals surface area contributed by atoms with Gasteiger partial charge in [-0.25, -0.2) is 0 Å². The Hall–Kier alpha value is -1.98. The third-order valence-electron chi connectivity index (χ3n) is 4.64. The van der Waals surface area contributed by atoms with Crippen molar-refractivity contribution in [1.29, 1.82) is 0 Å². The number of aromatic nitrogens is 1. The van der Waals surface area contributed by atoms with Crippen LogP contribution in [0.4, 0.5) is 0 Å². The number of nitrogens with two attached hydrogens (primary N) is 1. The molecule has 28 heavy (non-hydrogen) atoms. The molecule has 156 valence electrons. The predicted molar refractivity (Wildman–Crippen MR) is 105 cm³/mol. The third-order valence-corrected chi connectivity index (χ3v) is 4.64. The summed E-state index contributed by atoms with van der Waals surface area (Å²) in [6, 6.07) is 7.55. The summed E-state index contributed by atoms with van der Waals surface area (Å²) < 4.78 is 39.1. The average molecular weight is 413 g/mol. The summed E-state index contributed by atoms with van der Waals surface area (Å²) in [5.41, 5.74) is 8.31. The highest BCUT2D eigenvalue weighted by molar-refractivity contribution is 7.79. The largest absolute Gasteiger partial charge is 0.464 e. The fraction of sp³-hybridized carbons (Fsp3) is 0.500. The number of carbonyl (C=O) groups excluding carboxylic acids is 1. The third kappa shape index (κ3) is 7.21. The van der Waals surface area contributed by atoms with Crippen LogP contribution in [0.25, 0.3) is 10.9 Å². The highest BCUT2D eigenvalue weighted by Gasteiger charge is 2.21. The van der Waals surface area contributed by atoms with E-state index in [1.165, 1.54) is 0 Å². The van der Waals surface area contributed by atoms with Crippen LogP contribution in [-0.2, 0) is 33.4 Å². The fourth-order valence-electron chi connectivity index (χ4n) is 3.26. The molecule has 1 saturated heterocycles. The second-order valence-electron chi connectivity index (χ2n) is 6.86. The van der Waals surface area contributed by atoms with E-state index in [0.29, 0.717) is 18.9 Å². The first-order chi connectivity index (χ1) is 13.1. The molecule has 0 saturated carbocycles. The van der Waals surface area contributed by atoms with Gasteiger partial charge in [-0.1, -0.05) is 18.2 Å². The lowest BCUT2D eigenvalue weighted by Gasteiger charge is -2.22. The van der Waals surface area contributed by atoms with E-state index in [4.69, 9.17) is 28.0 Å². The van der Waals surface area contributed by atoms with Crippen molar-refractivity contribution in [2.75, 3.05) is 19.7 Å². The van der Waals surface area contributed by atoms with Crippen LogP contribution in [0, 0.1) is 5.92 Å². The number of carbonyl (C=O) groups is 1. The molecular weight excluding hydrogens is 386 g/mol. The second kappa shape index (κ2) is 9.99. The van der Waals surface area contributed by atoms with E-state index in [-0.39, 0.29) is 5.97 Å². The Morgan fingerprint density at radius 1 is 1.32 bits per heavy atom. The summed E-state index contributed by atoms with van der Waals surface area (Å²) in [5.74, 6) is 0.168. The van der Waals surface area contributed by atoms with E-state index in [1.54, 1.807) is 0 Å². The zero-order valence-electron chi connectivity index (χ0n) is 15.7. The summed E-state index contributed by atoms with van der Waals surface area (Å²) in [6.07, 6.45) is 4.68. The monoisotopic (exact) mass is 413 g/mol. The molecule has 1 atom stereocenters. The van der Waals surface area contributed by atoms with Gasteiger partial charge in [-0.2, -0.15) is 8.42 Å². The molecule has 2 heterocycles. The quantitative estimate of drug-likeness (QED) is 0.419. The van der Waals surface area contributed by atoms with Crippen LogP contribution in [0.15, 0.2) is 30.5 Å². The van der Waals surface area contributed by atoms with Crippen molar-refractivity contribution < 1.29 is 27.1 Å². The summed E-state index contributed by atoms with van der Waals surface area (Å²) >= 11 is 0. The maximum absolute atomic E-state index is 12.2. The minimum absolute atomic E-state index is 0.295. The zero-order valence-corrected chi connectivity index (χ0v) is 16.6.